The Kier molecular flexibility index (Phi) is 3.68. The third-order valence-electron chi connectivity index (χ3n) is 2.22. The highest BCUT2D eigenvalue weighted by atomic mass is 79.9. The second-order valence-electron chi connectivity index (χ2n) is 3.75. The molecule has 0 aliphatic heterocycles. The number of halogens is 1. The largest absolute Gasteiger partial charge is 0.339 e. The second-order valence-corrected chi connectivity index (χ2v) is 4.61. The first-order chi connectivity index (χ1) is 8.15. The molecule has 2 rings (SSSR count). The van der Waals surface area contributed by atoms with Gasteiger partial charge in [0.1, 0.15) is 5.78 Å². The predicted molar refractivity (Wildman–Crippen MR) is 65.6 cm³/mol. The Labute approximate surface area is 107 Å². The molecule has 0 saturated heterocycles. The molecule has 0 spiro atoms. The molecule has 0 fully saturated rings. The number of nitrogens with zero attached hydrogens (tertiary/aromatic N) is 2. The van der Waals surface area contributed by atoms with Gasteiger partial charge in [0.05, 0.1) is 6.42 Å². The van der Waals surface area contributed by atoms with E-state index in [1.165, 1.54) is 6.92 Å². The van der Waals surface area contributed by atoms with Crippen LogP contribution in [0.3, 0.4) is 0 Å². The average Bonchev–Trinajstić information content (AvgIpc) is 2.68. The number of ketones is 1. The first-order valence-corrected chi connectivity index (χ1v) is 5.99. The van der Waals surface area contributed by atoms with Crippen molar-refractivity contribution in [2.75, 3.05) is 0 Å². The van der Waals surface area contributed by atoms with Crippen molar-refractivity contribution in [1.29, 1.82) is 0 Å². The molecule has 0 amide bonds. The van der Waals surface area contributed by atoms with Crippen molar-refractivity contribution in [3.63, 3.8) is 0 Å². The number of hydrogen-bond donors (Lipinski definition) is 0. The molecular formula is C12H11BrN2O2. The molecule has 0 bridgehead atoms. The number of rotatable bonds is 4. The normalized spacial score (nSPS) is 10.5. The molecule has 0 atom stereocenters. The molecule has 0 aliphatic carbocycles. The fraction of sp³-hybridized carbons (Fsp3) is 0.250. The number of Topliss-reactive ketones (excluding diaryl/α,β-unsaturated/α-hetero) is 1. The van der Waals surface area contributed by atoms with E-state index in [0.29, 0.717) is 18.1 Å². The predicted octanol–water partition coefficient (Wildman–Crippen LogP) is 2.55. The summed E-state index contributed by atoms with van der Waals surface area (Å²) in [5, 5.41) is 3.85. The van der Waals surface area contributed by atoms with Gasteiger partial charge in [0, 0.05) is 10.9 Å². The van der Waals surface area contributed by atoms with Crippen LogP contribution in [0.15, 0.2) is 33.3 Å². The summed E-state index contributed by atoms with van der Waals surface area (Å²) in [7, 11) is 0. The van der Waals surface area contributed by atoms with Crippen molar-refractivity contribution in [2.45, 2.75) is 19.8 Å². The lowest BCUT2D eigenvalue weighted by atomic mass is 10.1. The maximum Gasteiger partial charge on any atom is 0.234 e. The molecular weight excluding hydrogens is 284 g/mol. The molecule has 0 aliphatic rings. The second kappa shape index (κ2) is 5.23. The summed E-state index contributed by atoms with van der Waals surface area (Å²) in [4.78, 5) is 15.1. The Balaban J connectivity index is 2.12. The molecule has 4 nitrogen and oxygen atoms in total. The fourth-order valence-corrected chi connectivity index (χ4v) is 1.88. The van der Waals surface area contributed by atoms with E-state index in [4.69, 9.17) is 4.52 Å². The first-order valence-electron chi connectivity index (χ1n) is 5.19. The number of carbonyl (C=O) groups excluding carboxylic acids is 1. The van der Waals surface area contributed by atoms with Gasteiger partial charge in [0.25, 0.3) is 0 Å². The van der Waals surface area contributed by atoms with Crippen LogP contribution >= 0.6 is 15.9 Å². The summed E-state index contributed by atoms with van der Waals surface area (Å²) in [6, 6.07) is 7.86. The summed E-state index contributed by atoms with van der Waals surface area (Å²) in [6.07, 6.45) is 0.784. The van der Waals surface area contributed by atoms with Crippen LogP contribution in [-0.2, 0) is 17.6 Å². The molecule has 17 heavy (non-hydrogen) atoms. The molecule has 0 N–H and O–H groups in total. The van der Waals surface area contributed by atoms with Gasteiger partial charge < -0.3 is 4.52 Å². The van der Waals surface area contributed by atoms with Crippen LogP contribution in [0.1, 0.15) is 24.2 Å². The Hall–Kier alpha value is -1.49. The van der Waals surface area contributed by atoms with Crippen LogP contribution in [0, 0.1) is 0 Å². The fourth-order valence-electron chi connectivity index (χ4n) is 1.46. The lowest BCUT2D eigenvalue weighted by Crippen LogP contribution is -1.97. The standard InChI is InChI=1S/C12H11BrN2O2/c1-8(16)6-12-14-11(15-17-12)7-9-4-2-3-5-10(9)13/h2-5H,6-7H2,1H3. The van der Waals surface area contributed by atoms with Gasteiger partial charge in [-0.3, -0.25) is 4.79 Å². The Morgan fingerprint density at radius 3 is 2.88 bits per heavy atom. The van der Waals surface area contributed by atoms with E-state index in [9.17, 15) is 4.79 Å². The highest BCUT2D eigenvalue weighted by Crippen LogP contribution is 2.18. The van der Waals surface area contributed by atoms with E-state index in [-0.39, 0.29) is 12.2 Å². The molecule has 0 saturated carbocycles. The first kappa shape index (κ1) is 12.0. The average molecular weight is 295 g/mol. The number of benzene rings is 1. The summed E-state index contributed by atoms with van der Waals surface area (Å²) < 4.78 is 6.00. The zero-order valence-corrected chi connectivity index (χ0v) is 10.9. The number of carbonyl (C=O) groups is 1. The van der Waals surface area contributed by atoms with Gasteiger partial charge in [0.2, 0.25) is 5.89 Å². The van der Waals surface area contributed by atoms with Crippen LogP contribution in [0.5, 0.6) is 0 Å². The van der Waals surface area contributed by atoms with Gasteiger partial charge in [-0.15, -0.1) is 0 Å². The zero-order valence-electron chi connectivity index (χ0n) is 9.31. The van der Waals surface area contributed by atoms with Crippen LogP contribution in [0.2, 0.25) is 0 Å². The third kappa shape index (κ3) is 3.23. The number of hydrogen-bond acceptors (Lipinski definition) is 4. The smallest absolute Gasteiger partial charge is 0.234 e. The van der Waals surface area contributed by atoms with Crippen molar-refractivity contribution < 1.29 is 9.32 Å². The van der Waals surface area contributed by atoms with Gasteiger partial charge in [-0.25, -0.2) is 0 Å². The van der Waals surface area contributed by atoms with Crippen molar-refractivity contribution in [3.8, 4) is 0 Å². The Morgan fingerprint density at radius 1 is 1.41 bits per heavy atom. The molecule has 0 radical (unpaired) electrons. The quantitative estimate of drug-likeness (QED) is 0.870. The van der Waals surface area contributed by atoms with Crippen molar-refractivity contribution >= 4 is 21.7 Å². The summed E-state index contributed by atoms with van der Waals surface area (Å²) in [5.74, 6) is 0.980. The van der Waals surface area contributed by atoms with Crippen molar-refractivity contribution in [2.24, 2.45) is 0 Å². The van der Waals surface area contributed by atoms with E-state index in [2.05, 4.69) is 26.1 Å². The van der Waals surface area contributed by atoms with Gasteiger partial charge in [-0.05, 0) is 18.6 Å². The molecule has 0 unspecified atom stereocenters. The van der Waals surface area contributed by atoms with Crippen LogP contribution < -0.4 is 0 Å². The monoisotopic (exact) mass is 294 g/mol. The summed E-state index contributed by atoms with van der Waals surface area (Å²) in [5.41, 5.74) is 1.09. The number of aromatic nitrogens is 2. The molecule has 1 heterocycles. The molecule has 88 valence electrons. The molecule has 1 aromatic heterocycles. The topological polar surface area (TPSA) is 56.0 Å². The van der Waals surface area contributed by atoms with Gasteiger partial charge >= 0.3 is 0 Å². The van der Waals surface area contributed by atoms with E-state index in [0.717, 1.165) is 10.0 Å². The maximum absolute atomic E-state index is 10.9. The van der Waals surface area contributed by atoms with Gasteiger partial charge in [-0.2, -0.15) is 4.98 Å². The summed E-state index contributed by atoms with van der Waals surface area (Å²) in [6.45, 7) is 1.50. The minimum Gasteiger partial charge on any atom is -0.339 e. The van der Waals surface area contributed by atoms with E-state index >= 15 is 0 Å². The van der Waals surface area contributed by atoms with Crippen molar-refractivity contribution in [1.82, 2.24) is 10.1 Å². The third-order valence-corrected chi connectivity index (χ3v) is 2.99. The lowest BCUT2D eigenvalue weighted by molar-refractivity contribution is -0.116. The SMILES string of the molecule is CC(=O)Cc1nc(Cc2ccccc2Br)no1. The molecule has 2 aromatic rings. The molecule has 5 heteroatoms. The van der Waals surface area contributed by atoms with Gasteiger partial charge in [-0.1, -0.05) is 39.3 Å². The van der Waals surface area contributed by atoms with Crippen LogP contribution in [-0.4, -0.2) is 15.9 Å². The minimum atomic E-state index is 0.0149. The highest BCUT2D eigenvalue weighted by molar-refractivity contribution is 9.10. The van der Waals surface area contributed by atoms with E-state index in [1.54, 1.807) is 0 Å². The molecule has 1 aromatic carbocycles. The zero-order chi connectivity index (χ0) is 12.3. The lowest BCUT2D eigenvalue weighted by Gasteiger charge is -1.99. The van der Waals surface area contributed by atoms with Crippen molar-refractivity contribution in [3.05, 3.63) is 46.0 Å². The van der Waals surface area contributed by atoms with Gasteiger partial charge in [0.15, 0.2) is 5.82 Å². The highest BCUT2D eigenvalue weighted by Gasteiger charge is 2.10. The van der Waals surface area contributed by atoms with E-state index in [1.807, 2.05) is 24.3 Å². The Bertz CT molecular complexity index is 537. The summed E-state index contributed by atoms with van der Waals surface area (Å²) >= 11 is 3.46. The van der Waals surface area contributed by atoms with Crippen LogP contribution in [0.25, 0.3) is 0 Å². The minimum absolute atomic E-state index is 0.0149. The van der Waals surface area contributed by atoms with E-state index < -0.39 is 0 Å². The maximum atomic E-state index is 10.9. The van der Waals surface area contributed by atoms with Crippen LogP contribution in [0.4, 0.5) is 0 Å². The Morgan fingerprint density at radius 2 is 2.18 bits per heavy atom.